The van der Waals surface area contributed by atoms with Crippen molar-refractivity contribution in [1.82, 2.24) is 19.8 Å². The highest BCUT2D eigenvalue weighted by atomic mass is 32.1. The first-order valence-electron chi connectivity index (χ1n) is 13.8. The molecule has 0 bridgehead atoms. The molecule has 1 saturated heterocycles. The third kappa shape index (κ3) is 5.45. The van der Waals surface area contributed by atoms with Gasteiger partial charge in [-0.1, -0.05) is 24.3 Å². The third-order valence-electron chi connectivity index (χ3n) is 7.59. The van der Waals surface area contributed by atoms with Crippen molar-refractivity contribution in [3.63, 3.8) is 0 Å². The van der Waals surface area contributed by atoms with Gasteiger partial charge in [-0.3, -0.25) is 9.78 Å². The molecular formula is C32H36N6OS. The van der Waals surface area contributed by atoms with Crippen LogP contribution in [0.2, 0.25) is 0 Å². The van der Waals surface area contributed by atoms with Crippen molar-refractivity contribution in [1.29, 1.82) is 0 Å². The minimum atomic E-state index is -0.209. The molecule has 2 aromatic carbocycles. The molecule has 1 aliphatic rings. The molecule has 206 valence electrons. The molecule has 0 spiro atoms. The van der Waals surface area contributed by atoms with Crippen LogP contribution >= 0.6 is 12.2 Å². The van der Waals surface area contributed by atoms with E-state index in [2.05, 4.69) is 83.1 Å². The van der Waals surface area contributed by atoms with E-state index in [1.165, 1.54) is 5.69 Å². The zero-order chi connectivity index (χ0) is 28.2. The Morgan fingerprint density at radius 3 is 2.35 bits per heavy atom. The van der Waals surface area contributed by atoms with E-state index in [9.17, 15) is 4.79 Å². The summed E-state index contributed by atoms with van der Waals surface area (Å²) in [6, 6.07) is 25.9. The molecule has 2 aromatic heterocycles. The molecule has 2 N–H and O–H groups in total. The first-order chi connectivity index (χ1) is 19.4. The van der Waals surface area contributed by atoms with Gasteiger partial charge in [0.15, 0.2) is 5.11 Å². The summed E-state index contributed by atoms with van der Waals surface area (Å²) in [5.74, 6) is -0.122. The summed E-state index contributed by atoms with van der Waals surface area (Å²) >= 11 is 5.81. The van der Waals surface area contributed by atoms with Crippen molar-refractivity contribution in [3.05, 3.63) is 108 Å². The van der Waals surface area contributed by atoms with Gasteiger partial charge >= 0.3 is 0 Å². The molecule has 1 aliphatic heterocycles. The number of hydrogen-bond acceptors (Lipinski definition) is 4. The fourth-order valence-electron chi connectivity index (χ4n) is 5.68. The van der Waals surface area contributed by atoms with Crippen molar-refractivity contribution < 1.29 is 4.79 Å². The van der Waals surface area contributed by atoms with Crippen LogP contribution in [0.4, 0.5) is 11.4 Å². The summed E-state index contributed by atoms with van der Waals surface area (Å²) in [5.41, 5.74) is 7.30. The van der Waals surface area contributed by atoms with Gasteiger partial charge in [0, 0.05) is 47.7 Å². The average Bonchev–Trinajstić information content (AvgIpc) is 3.45. The van der Waals surface area contributed by atoms with E-state index < -0.39 is 0 Å². The summed E-state index contributed by atoms with van der Waals surface area (Å²) in [6.45, 7) is 10.7. The van der Waals surface area contributed by atoms with Crippen LogP contribution in [0.15, 0.2) is 85.1 Å². The highest BCUT2D eigenvalue weighted by molar-refractivity contribution is 7.80. The topological polar surface area (TPSA) is 65.4 Å². The van der Waals surface area contributed by atoms with Crippen LogP contribution in [0, 0.1) is 13.8 Å². The Hall–Kier alpha value is -4.17. The van der Waals surface area contributed by atoms with Crippen molar-refractivity contribution in [3.8, 4) is 5.69 Å². The summed E-state index contributed by atoms with van der Waals surface area (Å²) in [4.78, 5) is 22.2. The highest BCUT2D eigenvalue weighted by Gasteiger charge is 2.42. The van der Waals surface area contributed by atoms with Crippen LogP contribution in [0.1, 0.15) is 48.6 Å². The second kappa shape index (κ2) is 11.9. The van der Waals surface area contributed by atoms with Crippen LogP contribution in [0.3, 0.4) is 0 Å². The number of aromatic nitrogens is 2. The molecule has 1 amide bonds. The Balaban J connectivity index is 1.51. The number of aryl methyl sites for hydroxylation is 1. The number of hydrogen-bond donors (Lipinski definition) is 2. The van der Waals surface area contributed by atoms with Gasteiger partial charge < -0.3 is 25.0 Å². The van der Waals surface area contributed by atoms with Gasteiger partial charge in [0.1, 0.15) is 6.54 Å². The Kier molecular flexibility index (Phi) is 8.16. The molecule has 0 saturated carbocycles. The molecule has 5 rings (SSSR count). The van der Waals surface area contributed by atoms with E-state index in [1.54, 1.807) is 6.20 Å². The van der Waals surface area contributed by atoms with E-state index in [4.69, 9.17) is 12.2 Å². The number of para-hydroxylation sites is 1. The van der Waals surface area contributed by atoms with Gasteiger partial charge in [-0.15, -0.1) is 0 Å². The number of anilines is 2. The van der Waals surface area contributed by atoms with Crippen molar-refractivity contribution in [2.75, 3.05) is 29.9 Å². The van der Waals surface area contributed by atoms with Gasteiger partial charge in [0.2, 0.25) is 5.91 Å². The summed E-state index contributed by atoms with van der Waals surface area (Å²) in [7, 11) is 0. The monoisotopic (exact) mass is 552 g/mol. The number of rotatable bonds is 9. The van der Waals surface area contributed by atoms with E-state index in [0.29, 0.717) is 5.11 Å². The van der Waals surface area contributed by atoms with Crippen LogP contribution in [0.25, 0.3) is 5.69 Å². The minimum absolute atomic E-state index is 0.122. The average molecular weight is 553 g/mol. The molecule has 1 fully saturated rings. The molecule has 0 radical (unpaired) electrons. The van der Waals surface area contributed by atoms with Gasteiger partial charge in [-0.05, 0) is 100 Å². The number of amides is 1. The van der Waals surface area contributed by atoms with Crippen molar-refractivity contribution >= 4 is 34.6 Å². The van der Waals surface area contributed by atoms with E-state index in [1.807, 2.05) is 53.4 Å². The predicted octanol–water partition coefficient (Wildman–Crippen LogP) is 5.95. The third-order valence-corrected chi connectivity index (χ3v) is 7.95. The smallest absolute Gasteiger partial charge is 0.244 e. The maximum absolute atomic E-state index is 13.2. The van der Waals surface area contributed by atoms with Crippen LogP contribution in [-0.2, 0) is 4.79 Å². The molecule has 7 nitrogen and oxygen atoms in total. The molecule has 3 heterocycles. The second-order valence-corrected chi connectivity index (χ2v) is 10.4. The van der Waals surface area contributed by atoms with Crippen LogP contribution < -0.4 is 15.5 Å². The summed E-state index contributed by atoms with van der Waals surface area (Å²) in [5, 5.41) is 7.01. The quantitative estimate of drug-likeness (QED) is 0.250. The number of pyridine rings is 1. The Morgan fingerprint density at radius 2 is 1.70 bits per heavy atom. The number of benzene rings is 2. The fraction of sp³-hybridized carbons (Fsp3) is 0.281. The lowest BCUT2D eigenvalue weighted by molar-refractivity contribution is -0.116. The van der Waals surface area contributed by atoms with E-state index in [-0.39, 0.29) is 24.5 Å². The molecule has 8 heteroatoms. The molecule has 40 heavy (non-hydrogen) atoms. The second-order valence-electron chi connectivity index (χ2n) is 10.0. The number of carbonyl (C=O) groups is 1. The van der Waals surface area contributed by atoms with Gasteiger partial charge in [0.25, 0.3) is 0 Å². The first kappa shape index (κ1) is 27.4. The number of thiocarbonyl (C=S) groups is 1. The van der Waals surface area contributed by atoms with Crippen molar-refractivity contribution in [2.24, 2.45) is 0 Å². The zero-order valence-electron chi connectivity index (χ0n) is 23.5. The molecule has 0 aliphatic carbocycles. The fourth-order valence-corrected chi connectivity index (χ4v) is 5.98. The Bertz CT molecular complexity index is 1460. The normalized spacial score (nSPS) is 16.6. The SMILES string of the molecule is CCN(CC)c1ccc(-n2c(C)cc(C3C(c4ccccn4)NC(=S)N3CC(=O)Nc3ccccc3)c2C)cc1. The van der Waals surface area contributed by atoms with Gasteiger partial charge in [0.05, 0.1) is 17.8 Å². The van der Waals surface area contributed by atoms with E-state index in [0.717, 1.165) is 47.1 Å². The van der Waals surface area contributed by atoms with E-state index >= 15 is 0 Å². The lowest BCUT2D eigenvalue weighted by Crippen LogP contribution is -2.37. The van der Waals surface area contributed by atoms with Gasteiger partial charge in [-0.2, -0.15) is 0 Å². The molecule has 4 aromatic rings. The predicted molar refractivity (Wildman–Crippen MR) is 166 cm³/mol. The summed E-state index contributed by atoms with van der Waals surface area (Å²) < 4.78 is 2.28. The number of carbonyl (C=O) groups excluding carboxylic acids is 1. The highest BCUT2D eigenvalue weighted by Crippen LogP contribution is 2.41. The van der Waals surface area contributed by atoms with Crippen molar-refractivity contribution in [2.45, 2.75) is 39.8 Å². The zero-order valence-corrected chi connectivity index (χ0v) is 24.3. The summed E-state index contributed by atoms with van der Waals surface area (Å²) in [6.07, 6.45) is 1.79. The maximum atomic E-state index is 13.2. The molecule has 2 unspecified atom stereocenters. The Labute approximate surface area is 241 Å². The molecule has 2 atom stereocenters. The number of nitrogens with one attached hydrogen (secondary N) is 2. The van der Waals surface area contributed by atoms with Gasteiger partial charge in [-0.25, -0.2) is 0 Å². The van der Waals surface area contributed by atoms with Crippen LogP contribution in [-0.4, -0.2) is 45.1 Å². The maximum Gasteiger partial charge on any atom is 0.244 e. The standard InChI is InChI=1S/C32H36N6OS/c1-5-36(6-2)25-15-17-26(18-16-25)38-22(3)20-27(23(38)4)31-30(28-14-10-11-19-33-28)35-32(40)37(31)21-29(39)34-24-12-8-7-9-13-24/h7-20,30-31H,5-6,21H2,1-4H3,(H,34,39)(H,35,40). The first-order valence-corrected chi connectivity index (χ1v) is 14.2. The number of nitrogens with zero attached hydrogens (tertiary/aromatic N) is 4. The molecular weight excluding hydrogens is 516 g/mol. The largest absolute Gasteiger partial charge is 0.372 e. The van der Waals surface area contributed by atoms with Crippen LogP contribution in [0.5, 0.6) is 0 Å². The Morgan fingerprint density at radius 1 is 1.00 bits per heavy atom. The lowest BCUT2D eigenvalue weighted by atomic mass is 9.96. The lowest BCUT2D eigenvalue weighted by Gasteiger charge is -2.27. The minimum Gasteiger partial charge on any atom is -0.372 e.